The second-order valence-corrected chi connectivity index (χ2v) is 16.9. The molecule has 0 N–H and O–H groups in total. The van der Waals surface area contributed by atoms with Crippen molar-refractivity contribution in [3.63, 3.8) is 0 Å². The fourth-order valence-corrected chi connectivity index (χ4v) is 10.1. The normalized spacial score (nSPS) is 12.9. The van der Waals surface area contributed by atoms with Crippen molar-refractivity contribution in [2.75, 3.05) is 4.90 Å². The maximum absolute atomic E-state index is 2.49. The van der Waals surface area contributed by atoms with Crippen LogP contribution in [0.4, 0.5) is 17.1 Å². The number of fused-ring (bicyclic) bond motifs is 10. The number of benzene rings is 10. The van der Waals surface area contributed by atoms with Crippen LogP contribution in [-0.4, -0.2) is 4.57 Å². The molecule has 2 heteroatoms. The van der Waals surface area contributed by atoms with Crippen LogP contribution < -0.4 is 4.90 Å². The molecule has 0 fully saturated rings. The molecule has 0 saturated carbocycles. The number of aromatic nitrogens is 1. The summed E-state index contributed by atoms with van der Waals surface area (Å²) < 4.78 is 2.49. The minimum absolute atomic E-state index is 0.241. The second kappa shape index (κ2) is 13.7. The Labute approximate surface area is 356 Å². The molecule has 0 amide bonds. The molecule has 1 aromatic heterocycles. The minimum atomic E-state index is -0.241. The molecule has 0 atom stereocenters. The first-order valence-electron chi connectivity index (χ1n) is 21.3. The lowest BCUT2D eigenvalue weighted by Crippen LogP contribution is -2.17. The van der Waals surface area contributed by atoms with Crippen molar-refractivity contribution in [3.05, 3.63) is 230 Å². The molecule has 12 rings (SSSR count). The third kappa shape index (κ3) is 5.56. The average molecular weight is 779 g/mol. The van der Waals surface area contributed by atoms with Crippen LogP contribution in [-0.2, 0) is 5.41 Å². The SMILES string of the molecule is CC1(C)c2cc(N(c3ccc(-c4ccccc4)cc3)c3ccc(-c4ccccc4)cc3)ccc2-c2ccc(-n3c4ccc5ccccc5c4c4c5ccccc5ccc43)cc21. The van der Waals surface area contributed by atoms with E-state index in [1.54, 1.807) is 0 Å². The predicted octanol–water partition coefficient (Wildman–Crippen LogP) is 16.2. The lowest BCUT2D eigenvalue weighted by molar-refractivity contribution is 0.660. The molecule has 1 heterocycles. The van der Waals surface area contributed by atoms with E-state index in [4.69, 9.17) is 0 Å². The van der Waals surface area contributed by atoms with E-state index in [9.17, 15) is 0 Å². The number of nitrogens with zero attached hydrogens (tertiary/aromatic N) is 2. The largest absolute Gasteiger partial charge is 0.310 e. The number of rotatable bonds is 6. The minimum Gasteiger partial charge on any atom is -0.310 e. The zero-order chi connectivity index (χ0) is 40.7. The quantitative estimate of drug-likeness (QED) is 0.163. The van der Waals surface area contributed by atoms with Gasteiger partial charge in [0.2, 0.25) is 0 Å². The molecule has 1 aliphatic carbocycles. The molecule has 0 radical (unpaired) electrons. The summed E-state index contributed by atoms with van der Waals surface area (Å²) in [6, 6.07) is 80.3. The highest BCUT2D eigenvalue weighted by Crippen LogP contribution is 2.52. The fourth-order valence-electron chi connectivity index (χ4n) is 10.1. The number of hydrogen-bond acceptors (Lipinski definition) is 1. The molecule has 10 aromatic carbocycles. The molecule has 0 spiro atoms. The monoisotopic (exact) mass is 778 g/mol. The smallest absolute Gasteiger partial charge is 0.0547 e. The molecule has 61 heavy (non-hydrogen) atoms. The van der Waals surface area contributed by atoms with E-state index in [-0.39, 0.29) is 5.41 Å². The van der Waals surface area contributed by atoms with Crippen LogP contribution in [0.15, 0.2) is 218 Å². The van der Waals surface area contributed by atoms with Gasteiger partial charge in [-0.3, -0.25) is 0 Å². The van der Waals surface area contributed by atoms with Crippen molar-refractivity contribution in [2.45, 2.75) is 19.3 Å². The summed E-state index contributed by atoms with van der Waals surface area (Å²) in [7, 11) is 0. The first-order chi connectivity index (χ1) is 30.0. The lowest BCUT2D eigenvalue weighted by atomic mass is 9.82. The first kappa shape index (κ1) is 35.3. The van der Waals surface area contributed by atoms with Gasteiger partial charge in [-0.1, -0.05) is 172 Å². The van der Waals surface area contributed by atoms with Crippen molar-refractivity contribution < 1.29 is 0 Å². The molecule has 0 aliphatic heterocycles. The van der Waals surface area contributed by atoms with E-state index in [0.717, 1.165) is 17.1 Å². The van der Waals surface area contributed by atoms with Crippen LogP contribution in [0.5, 0.6) is 0 Å². The van der Waals surface area contributed by atoms with Gasteiger partial charge in [0.15, 0.2) is 0 Å². The topological polar surface area (TPSA) is 8.17 Å². The summed E-state index contributed by atoms with van der Waals surface area (Å²) in [5.41, 5.74) is 16.9. The van der Waals surface area contributed by atoms with Gasteiger partial charge in [-0.2, -0.15) is 0 Å². The van der Waals surface area contributed by atoms with Crippen LogP contribution in [0.1, 0.15) is 25.0 Å². The van der Waals surface area contributed by atoms with E-state index < -0.39 is 0 Å². The summed E-state index contributed by atoms with van der Waals surface area (Å²) in [5.74, 6) is 0. The highest BCUT2D eigenvalue weighted by atomic mass is 15.1. The van der Waals surface area contributed by atoms with Crippen molar-refractivity contribution in [1.29, 1.82) is 0 Å². The lowest BCUT2D eigenvalue weighted by Gasteiger charge is -2.28. The van der Waals surface area contributed by atoms with Crippen molar-refractivity contribution in [1.82, 2.24) is 4.57 Å². The molecule has 288 valence electrons. The highest BCUT2D eigenvalue weighted by Gasteiger charge is 2.36. The Balaban J connectivity index is 0.990. The molecule has 0 saturated heterocycles. The molecule has 1 aliphatic rings. The van der Waals surface area contributed by atoms with Gasteiger partial charge in [0.05, 0.1) is 11.0 Å². The van der Waals surface area contributed by atoms with E-state index in [1.807, 2.05) is 0 Å². The predicted molar refractivity (Wildman–Crippen MR) is 259 cm³/mol. The highest BCUT2D eigenvalue weighted by molar-refractivity contribution is 6.28. The van der Waals surface area contributed by atoms with Crippen molar-refractivity contribution in [2.24, 2.45) is 0 Å². The van der Waals surface area contributed by atoms with Gasteiger partial charge in [0, 0.05) is 38.9 Å². The molecular weight excluding hydrogens is 737 g/mol. The van der Waals surface area contributed by atoms with Gasteiger partial charge >= 0.3 is 0 Å². The number of hydrogen-bond donors (Lipinski definition) is 0. The summed E-state index contributed by atoms with van der Waals surface area (Å²) >= 11 is 0. The summed E-state index contributed by atoms with van der Waals surface area (Å²) in [5, 5.41) is 7.72. The standard InChI is InChI=1S/C59H42N2/c1-59(2)53-37-47(60(45-27-21-41(22-28-45)39-13-5-3-6-14-39)46-29-23-42(24-30-46)40-15-7-4-8-16-40)31-33-51(53)52-34-32-48(38-54(52)59)61-55-35-25-43-17-9-11-19-49(43)57(55)58-50-20-12-10-18-44(50)26-36-56(58)61/h3-38H,1-2H3. The maximum atomic E-state index is 2.49. The molecule has 11 aromatic rings. The van der Waals surface area contributed by atoms with Crippen molar-refractivity contribution >= 4 is 60.4 Å². The Morgan fingerprint density at radius 1 is 0.361 bits per heavy atom. The first-order valence-corrected chi connectivity index (χ1v) is 21.3. The van der Waals surface area contributed by atoms with Crippen LogP contribution in [0.3, 0.4) is 0 Å². The summed E-state index contributed by atoms with van der Waals surface area (Å²) in [6.45, 7) is 4.79. The maximum Gasteiger partial charge on any atom is 0.0547 e. The third-order valence-corrected chi connectivity index (χ3v) is 13.2. The van der Waals surface area contributed by atoms with Gasteiger partial charge in [0.1, 0.15) is 0 Å². The van der Waals surface area contributed by atoms with Crippen LogP contribution in [0.25, 0.3) is 82.4 Å². The Kier molecular flexibility index (Phi) is 7.92. The Morgan fingerprint density at radius 3 is 1.31 bits per heavy atom. The van der Waals surface area contributed by atoms with Gasteiger partial charge in [-0.25, -0.2) is 0 Å². The Morgan fingerprint density at radius 2 is 0.787 bits per heavy atom. The zero-order valence-corrected chi connectivity index (χ0v) is 34.2. The molecule has 0 unspecified atom stereocenters. The van der Waals surface area contributed by atoms with Crippen molar-refractivity contribution in [3.8, 4) is 39.1 Å². The van der Waals surface area contributed by atoms with Crippen LogP contribution in [0.2, 0.25) is 0 Å². The van der Waals surface area contributed by atoms with E-state index in [2.05, 4.69) is 242 Å². The van der Waals surface area contributed by atoms with E-state index in [1.165, 1.54) is 93.5 Å². The number of anilines is 3. The van der Waals surface area contributed by atoms with Crippen LogP contribution >= 0.6 is 0 Å². The van der Waals surface area contributed by atoms with E-state index >= 15 is 0 Å². The Bertz CT molecular complexity index is 3290. The Hall–Kier alpha value is -7.68. The van der Waals surface area contributed by atoms with Crippen LogP contribution in [0, 0.1) is 0 Å². The zero-order valence-electron chi connectivity index (χ0n) is 34.2. The average Bonchev–Trinajstić information content (AvgIpc) is 3.78. The molecule has 2 nitrogen and oxygen atoms in total. The fraction of sp³-hybridized carbons (Fsp3) is 0.0508. The van der Waals surface area contributed by atoms with Gasteiger partial charge in [-0.15, -0.1) is 0 Å². The third-order valence-electron chi connectivity index (χ3n) is 13.2. The summed E-state index contributed by atoms with van der Waals surface area (Å²) in [6.07, 6.45) is 0. The summed E-state index contributed by atoms with van der Waals surface area (Å²) in [4.78, 5) is 2.40. The van der Waals surface area contributed by atoms with E-state index in [0.29, 0.717) is 0 Å². The molecule has 0 bridgehead atoms. The van der Waals surface area contributed by atoms with Gasteiger partial charge in [-0.05, 0) is 127 Å². The molecular formula is C59H42N2. The van der Waals surface area contributed by atoms with Gasteiger partial charge < -0.3 is 9.47 Å². The second-order valence-electron chi connectivity index (χ2n) is 16.9. The van der Waals surface area contributed by atoms with Gasteiger partial charge in [0.25, 0.3) is 0 Å².